The number of aromatic nitrogens is 2. The zero-order valence-corrected chi connectivity index (χ0v) is 2.52. The van der Waals surface area contributed by atoms with Crippen LogP contribution in [0.3, 0.4) is 0 Å². The minimum Gasteiger partial charge on any atom is -0.235 e. The van der Waals surface area contributed by atoms with Crippen LogP contribution in [0.25, 0.3) is 0 Å². The maximum atomic E-state index is 3.49. The van der Waals surface area contributed by atoms with Crippen molar-refractivity contribution >= 4 is 0 Å². The summed E-state index contributed by atoms with van der Waals surface area (Å²) in [7, 11) is 0. The highest BCUT2D eigenvalue weighted by molar-refractivity contribution is 4.53. The van der Waals surface area contributed by atoms with E-state index in [9.17, 15) is 0 Å². The van der Waals surface area contributed by atoms with Gasteiger partial charge in [-0.2, -0.15) is 5.10 Å². The normalized spacial score (nSPS) is 6.40. The van der Waals surface area contributed by atoms with Crippen LogP contribution in [0.5, 0.6) is 0 Å². The molecule has 1 aromatic heterocycles. The van der Waals surface area contributed by atoms with Crippen LogP contribution in [0.1, 0.15) is 0 Å². The molecule has 2 nitrogen and oxygen atoms in total. The van der Waals surface area contributed by atoms with Crippen molar-refractivity contribution in [1.82, 2.24) is 10.2 Å². The van der Waals surface area contributed by atoms with Gasteiger partial charge < -0.3 is 0 Å². The number of aromatic amines is 1. The van der Waals surface area contributed by atoms with Gasteiger partial charge in [0.15, 0.2) is 0 Å². The highest BCUT2D eigenvalue weighted by Crippen LogP contribution is 1.50. The molecular weight excluding hydrogens is 64.0 g/mol. The summed E-state index contributed by atoms with van der Waals surface area (Å²) in [4.78, 5) is 0. The van der Waals surface area contributed by atoms with Gasteiger partial charge in [-0.1, -0.05) is 0 Å². The number of H-pyrrole nitrogens is 1. The molecular formula is C3H2N2. The first-order chi connectivity index (χ1) is 2.50. The SMILES string of the molecule is c1cn[nH]c#1. The molecule has 1 heterocycles. The van der Waals surface area contributed by atoms with Crippen LogP contribution in [0.2, 0.25) is 0 Å². The van der Waals surface area contributed by atoms with Gasteiger partial charge in [-0.05, 0) is 6.07 Å². The Morgan fingerprint density at radius 3 is 3.00 bits per heavy atom. The first kappa shape index (κ1) is 2.28. The predicted molar refractivity (Wildman–Crippen MR) is 16.3 cm³/mol. The van der Waals surface area contributed by atoms with Gasteiger partial charge in [-0.25, -0.2) is 5.10 Å². The van der Waals surface area contributed by atoms with Gasteiger partial charge in [0.25, 0.3) is 0 Å². The van der Waals surface area contributed by atoms with Crippen molar-refractivity contribution in [1.29, 1.82) is 0 Å². The molecule has 0 saturated heterocycles. The molecule has 0 fully saturated rings. The van der Waals surface area contributed by atoms with E-state index in [1.165, 1.54) is 6.20 Å². The topological polar surface area (TPSA) is 28.7 Å². The van der Waals surface area contributed by atoms with Crippen LogP contribution in [-0.2, 0) is 0 Å². The van der Waals surface area contributed by atoms with Crippen molar-refractivity contribution in [3.63, 3.8) is 0 Å². The fourth-order valence-electron chi connectivity index (χ4n) is 0.161. The minimum atomic E-state index is 1.51. The van der Waals surface area contributed by atoms with Gasteiger partial charge in [-0.3, -0.25) is 0 Å². The summed E-state index contributed by atoms with van der Waals surface area (Å²) in [6, 6.07) is 2.57. The van der Waals surface area contributed by atoms with E-state index in [4.69, 9.17) is 0 Å². The molecule has 0 spiro atoms. The fourth-order valence-corrected chi connectivity index (χ4v) is 0.161. The van der Waals surface area contributed by atoms with Crippen LogP contribution in [0.15, 0.2) is 6.20 Å². The number of hydrogen-bond acceptors (Lipinski definition) is 1. The zero-order valence-electron chi connectivity index (χ0n) is 2.52. The van der Waals surface area contributed by atoms with E-state index >= 15 is 0 Å². The number of hydrogen-bond donors (Lipinski definition) is 1. The molecule has 0 bridgehead atoms. The average molecular weight is 66.1 g/mol. The molecule has 1 rings (SSSR count). The first-order valence-corrected chi connectivity index (χ1v) is 1.27. The Balaban J connectivity index is 3.13. The second-order valence-corrected chi connectivity index (χ2v) is 0.639. The lowest BCUT2D eigenvalue weighted by atomic mass is 10.9. The Bertz CT molecular complexity index is 61.4. The number of rotatable bonds is 0. The first-order valence-electron chi connectivity index (χ1n) is 1.27. The lowest BCUT2D eigenvalue weighted by Gasteiger charge is -1.46. The van der Waals surface area contributed by atoms with Crippen LogP contribution in [0, 0.1) is 12.3 Å². The molecule has 24 valence electrons. The summed E-state index contributed by atoms with van der Waals surface area (Å²) in [6.07, 6.45) is 4.01. The summed E-state index contributed by atoms with van der Waals surface area (Å²) in [5.41, 5.74) is 0. The molecule has 0 amide bonds. The van der Waals surface area contributed by atoms with Gasteiger partial charge in [-0.15, -0.1) is 0 Å². The lowest BCUT2D eigenvalue weighted by molar-refractivity contribution is 1.08. The van der Waals surface area contributed by atoms with E-state index in [2.05, 4.69) is 22.5 Å². The summed E-state index contributed by atoms with van der Waals surface area (Å²) in [6.45, 7) is 0. The molecule has 0 atom stereocenters. The Hall–Kier alpha value is -0.970. The Morgan fingerprint density at radius 1 is 1.80 bits per heavy atom. The van der Waals surface area contributed by atoms with Gasteiger partial charge in [0.1, 0.15) is 0 Å². The van der Waals surface area contributed by atoms with E-state index in [1.807, 2.05) is 0 Å². The van der Waals surface area contributed by atoms with Crippen molar-refractivity contribution in [2.24, 2.45) is 0 Å². The summed E-state index contributed by atoms with van der Waals surface area (Å²) in [5.74, 6) is 0. The largest absolute Gasteiger partial charge is 0.235 e. The van der Waals surface area contributed by atoms with Crippen molar-refractivity contribution in [2.45, 2.75) is 0 Å². The molecule has 0 saturated carbocycles. The molecule has 0 unspecified atom stereocenters. The second kappa shape index (κ2) is 0.769. The van der Waals surface area contributed by atoms with Crippen molar-refractivity contribution in [2.75, 3.05) is 0 Å². The van der Waals surface area contributed by atoms with Gasteiger partial charge in [0.2, 0.25) is 0 Å². The summed E-state index contributed by atoms with van der Waals surface area (Å²) < 4.78 is 0. The Labute approximate surface area is 29.8 Å². The van der Waals surface area contributed by atoms with Crippen LogP contribution >= 0.6 is 0 Å². The zero-order chi connectivity index (χ0) is 3.54. The van der Waals surface area contributed by atoms with E-state index in [0.717, 1.165) is 0 Å². The summed E-state index contributed by atoms with van der Waals surface area (Å²) >= 11 is 0. The standard InChI is InChI=1S/C3H2N2/c1-2-4-5-3-1/h2,5H. The third kappa shape index (κ3) is 0.198. The summed E-state index contributed by atoms with van der Waals surface area (Å²) in [5, 5.41) is 5.92. The quantitative estimate of drug-likeness (QED) is 0.454. The van der Waals surface area contributed by atoms with E-state index in [0.29, 0.717) is 0 Å². The van der Waals surface area contributed by atoms with E-state index < -0.39 is 0 Å². The van der Waals surface area contributed by atoms with E-state index in [-0.39, 0.29) is 0 Å². The monoisotopic (exact) mass is 66.0 g/mol. The molecule has 1 aromatic rings. The molecule has 2 heteroatoms. The Morgan fingerprint density at radius 2 is 2.80 bits per heavy atom. The average Bonchev–Trinajstić information content (AvgIpc) is 1.76. The second-order valence-electron chi connectivity index (χ2n) is 0.639. The molecule has 0 aliphatic heterocycles. The van der Waals surface area contributed by atoms with Gasteiger partial charge >= 0.3 is 0 Å². The van der Waals surface area contributed by atoms with Crippen molar-refractivity contribution in [3.05, 3.63) is 18.5 Å². The maximum absolute atomic E-state index is 3.49. The highest BCUT2D eigenvalue weighted by Gasteiger charge is 1.49. The molecule has 5 heavy (non-hydrogen) atoms. The lowest BCUT2D eigenvalue weighted by Crippen LogP contribution is -1.55. The molecule has 1 N–H and O–H groups in total. The van der Waals surface area contributed by atoms with Crippen molar-refractivity contribution < 1.29 is 0 Å². The van der Waals surface area contributed by atoms with Gasteiger partial charge in [0, 0.05) is 6.20 Å². The fraction of sp³-hybridized carbons (Fsp3) is 0. The third-order valence-electron chi connectivity index (χ3n) is 0.322. The molecule has 0 aliphatic rings. The molecule has 0 aromatic carbocycles. The highest BCUT2D eigenvalue weighted by atomic mass is 15.1. The smallest absolute Gasteiger partial charge is 0.0996 e. The maximum Gasteiger partial charge on any atom is 0.0996 e. The Kier molecular flexibility index (Phi) is 0.350. The number of nitrogens with one attached hydrogen (secondary N) is 1. The minimum absolute atomic E-state index is 1.51. The molecule has 0 radical (unpaired) electrons. The van der Waals surface area contributed by atoms with E-state index in [1.54, 1.807) is 0 Å². The van der Waals surface area contributed by atoms with Gasteiger partial charge in [0.05, 0.1) is 6.20 Å². The number of nitrogens with zero attached hydrogens (tertiary/aromatic N) is 1. The predicted octanol–water partition coefficient (Wildman–Crippen LogP) is 0.0101. The van der Waals surface area contributed by atoms with Crippen LogP contribution in [0.4, 0.5) is 0 Å². The van der Waals surface area contributed by atoms with Crippen LogP contribution < -0.4 is 0 Å². The molecule has 0 aliphatic carbocycles. The van der Waals surface area contributed by atoms with Crippen molar-refractivity contribution in [3.8, 4) is 0 Å². The van der Waals surface area contributed by atoms with Crippen LogP contribution in [-0.4, -0.2) is 10.2 Å². The third-order valence-corrected chi connectivity index (χ3v) is 0.322.